The third kappa shape index (κ3) is 3.44. The zero-order valence-corrected chi connectivity index (χ0v) is 11.9. The highest BCUT2D eigenvalue weighted by Gasteiger charge is 2.08. The van der Waals surface area contributed by atoms with Crippen molar-refractivity contribution in [3.8, 4) is 0 Å². The van der Waals surface area contributed by atoms with Crippen LogP contribution in [0.4, 0.5) is 17.3 Å². The molecule has 1 heterocycles. The van der Waals surface area contributed by atoms with Gasteiger partial charge in [0.15, 0.2) is 0 Å². The van der Waals surface area contributed by atoms with Gasteiger partial charge >= 0.3 is 0 Å². The number of anilines is 3. The Morgan fingerprint density at radius 1 is 1.11 bits per heavy atom. The van der Waals surface area contributed by atoms with Crippen molar-refractivity contribution < 1.29 is 0 Å². The van der Waals surface area contributed by atoms with Crippen LogP contribution in [-0.4, -0.2) is 23.1 Å². The number of hydrogen-bond acceptors (Lipinski definition) is 4. The summed E-state index contributed by atoms with van der Waals surface area (Å²) in [6.07, 6.45) is 0. The van der Waals surface area contributed by atoms with Crippen LogP contribution in [0.1, 0.15) is 19.7 Å². The molecule has 2 aromatic rings. The van der Waals surface area contributed by atoms with Crippen molar-refractivity contribution in [1.82, 2.24) is 9.97 Å². The number of para-hydroxylation sites is 1. The third-order valence-corrected chi connectivity index (χ3v) is 2.75. The number of hydrogen-bond donors (Lipinski definition) is 1. The quantitative estimate of drug-likeness (QED) is 0.910. The smallest absolute Gasteiger partial charge is 0.138 e. The van der Waals surface area contributed by atoms with Crippen LogP contribution in [-0.2, 0) is 0 Å². The van der Waals surface area contributed by atoms with Crippen LogP contribution in [0.2, 0.25) is 0 Å². The first kappa shape index (κ1) is 13.3. The first-order chi connectivity index (χ1) is 9.06. The summed E-state index contributed by atoms with van der Waals surface area (Å²) in [4.78, 5) is 10.9. The van der Waals surface area contributed by atoms with E-state index in [0.29, 0.717) is 6.04 Å². The van der Waals surface area contributed by atoms with Crippen molar-refractivity contribution >= 4 is 17.3 Å². The van der Waals surface area contributed by atoms with E-state index >= 15 is 0 Å². The summed E-state index contributed by atoms with van der Waals surface area (Å²) < 4.78 is 0. The molecule has 0 radical (unpaired) electrons. The minimum Gasteiger partial charge on any atom is -0.368 e. The van der Waals surface area contributed by atoms with E-state index in [1.54, 1.807) is 0 Å². The van der Waals surface area contributed by atoms with Crippen molar-refractivity contribution in [2.24, 2.45) is 0 Å². The topological polar surface area (TPSA) is 41.1 Å². The molecule has 2 rings (SSSR count). The van der Waals surface area contributed by atoms with Crippen molar-refractivity contribution in [1.29, 1.82) is 0 Å². The fourth-order valence-electron chi connectivity index (χ4n) is 1.88. The molecule has 0 spiro atoms. The van der Waals surface area contributed by atoms with E-state index < -0.39 is 0 Å². The minimum absolute atomic E-state index is 0.351. The molecular formula is C15H20N4. The van der Waals surface area contributed by atoms with Gasteiger partial charge < -0.3 is 10.2 Å². The third-order valence-electron chi connectivity index (χ3n) is 2.75. The van der Waals surface area contributed by atoms with Crippen molar-refractivity contribution in [2.75, 3.05) is 17.3 Å². The first-order valence-electron chi connectivity index (χ1n) is 6.47. The van der Waals surface area contributed by atoms with E-state index in [1.165, 1.54) is 0 Å². The van der Waals surface area contributed by atoms with E-state index in [4.69, 9.17) is 0 Å². The van der Waals surface area contributed by atoms with Crippen LogP contribution in [0.3, 0.4) is 0 Å². The number of benzene rings is 1. The largest absolute Gasteiger partial charge is 0.368 e. The molecule has 0 atom stereocenters. The fourth-order valence-corrected chi connectivity index (χ4v) is 1.88. The highest BCUT2D eigenvalue weighted by atomic mass is 15.2. The molecule has 1 N–H and O–H groups in total. The standard InChI is InChI=1S/C15H20N4/c1-11(2)16-14-10-15(18-12(3)17-14)19(4)13-8-6-5-7-9-13/h5-11H,1-4H3,(H,16,17,18). The lowest BCUT2D eigenvalue weighted by Crippen LogP contribution is -2.15. The summed E-state index contributed by atoms with van der Waals surface area (Å²) in [5.41, 5.74) is 1.11. The van der Waals surface area contributed by atoms with Crippen LogP contribution < -0.4 is 10.2 Å². The molecule has 1 aromatic heterocycles. The Hall–Kier alpha value is -2.10. The van der Waals surface area contributed by atoms with Gasteiger partial charge in [-0.3, -0.25) is 0 Å². The van der Waals surface area contributed by atoms with Crippen LogP contribution in [0.15, 0.2) is 36.4 Å². The maximum absolute atomic E-state index is 4.49. The van der Waals surface area contributed by atoms with Gasteiger partial charge in [0.05, 0.1) is 0 Å². The summed E-state index contributed by atoms with van der Waals surface area (Å²) in [5, 5.41) is 3.31. The Labute approximate surface area is 114 Å². The van der Waals surface area contributed by atoms with Gasteiger partial charge in [-0.15, -0.1) is 0 Å². The Balaban J connectivity index is 2.31. The zero-order chi connectivity index (χ0) is 13.8. The molecular weight excluding hydrogens is 236 g/mol. The molecule has 0 unspecified atom stereocenters. The number of nitrogens with zero attached hydrogens (tertiary/aromatic N) is 3. The summed E-state index contributed by atoms with van der Waals surface area (Å²) in [7, 11) is 2.01. The maximum atomic E-state index is 4.49. The average molecular weight is 256 g/mol. The van der Waals surface area contributed by atoms with Gasteiger partial charge in [0.1, 0.15) is 17.5 Å². The van der Waals surface area contributed by atoms with Crippen LogP contribution in [0.5, 0.6) is 0 Å². The molecule has 4 heteroatoms. The average Bonchev–Trinajstić information content (AvgIpc) is 2.37. The van der Waals surface area contributed by atoms with Gasteiger partial charge in [0, 0.05) is 24.8 Å². The van der Waals surface area contributed by atoms with E-state index in [9.17, 15) is 0 Å². The highest BCUT2D eigenvalue weighted by Crippen LogP contribution is 2.23. The molecule has 0 bridgehead atoms. The zero-order valence-electron chi connectivity index (χ0n) is 11.9. The molecule has 0 aliphatic rings. The fraction of sp³-hybridized carbons (Fsp3) is 0.333. The van der Waals surface area contributed by atoms with Gasteiger partial charge in [-0.05, 0) is 32.9 Å². The van der Waals surface area contributed by atoms with Crippen LogP contribution in [0, 0.1) is 6.92 Å². The van der Waals surface area contributed by atoms with E-state index in [0.717, 1.165) is 23.1 Å². The Morgan fingerprint density at radius 3 is 2.42 bits per heavy atom. The second-order valence-electron chi connectivity index (χ2n) is 4.85. The molecule has 0 saturated carbocycles. The first-order valence-corrected chi connectivity index (χ1v) is 6.47. The summed E-state index contributed by atoms with van der Waals surface area (Å²) in [6, 6.07) is 12.5. The van der Waals surface area contributed by atoms with Crippen LogP contribution >= 0.6 is 0 Å². The Bertz CT molecular complexity index is 537. The number of nitrogens with one attached hydrogen (secondary N) is 1. The second-order valence-corrected chi connectivity index (χ2v) is 4.85. The van der Waals surface area contributed by atoms with Gasteiger partial charge in [-0.1, -0.05) is 18.2 Å². The second kappa shape index (κ2) is 5.69. The van der Waals surface area contributed by atoms with Gasteiger partial charge in [0.2, 0.25) is 0 Å². The maximum Gasteiger partial charge on any atom is 0.138 e. The molecule has 0 fully saturated rings. The van der Waals surface area contributed by atoms with Gasteiger partial charge in [0.25, 0.3) is 0 Å². The molecule has 0 saturated heterocycles. The molecule has 0 aliphatic carbocycles. The van der Waals surface area contributed by atoms with E-state index in [2.05, 4.69) is 46.2 Å². The Morgan fingerprint density at radius 2 is 1.79 bits per heavy atom. The lowest BCUT2D eigenvalue weighted by molar-refractivity contribution is 0.879. The summed E-state index contributed by atoms with van der Waals surface area (Å²) in [6.45, 7) is 6.10. The predicted octanol–water partition coefficient (Wildman–Crippen LogP) is 3.37. The predicted molar refractivity (Wildman–Crippen MR) is 80.0 cm³/mol. The lowest BCUT2D eigenvalue weighted by atomic mass is 10.3. The van der Waals surface area contributed by atoms with Crippen LogP contribution in [0.25, 0.3) is 0 Å². The SMILES string of the molecule is Cc1nc(NC(C)C)cc(N(C)c2ccccc2)n1. The highest BCUT2D eigenvalue weighted by molar-refractivity contribution is 5.61. The summed E-state index contributed by atoms with van der Waals surface area (Å²) >= 11 is 0. The minimum atomic E-state index is 0.351. The van der Waals surface area contributed by atoms with E-state index in [-0.39, 0.29) is 0 Å². The summed E-state index contributed by atoms with van der Waals surface area (Å²) in [5.74, 6) is 2.52. The van der Waals surface area contributed by atoms with Gasteiger partial charge in [-0.2, -0.15) is 0 Å². The van der Waals surface area contributed by atoms with Crippen molar-refractivity contribution in [2.45, 2.75) is 26.8 Å². The lowest BCUT2D eigenvalue weighted by Gasteiger charge is -2.20. The normalized spacial score (nSPS) is 10.6. The molecule has 1 aromatic carbocycles. The Kier molecular flexibility index (Phi) is 4.00. The molecule has 19 heavy (non-hydrogen) atoms. The molecule has 0 amide bonds. The monoisotopic (exact) mass is 256 g/mol. The number of aryl methyl sites for hydroxylation is 1. The number of aromatic nitrogens is 2. The van der Waals surface area contributed by atoms with Gasteiger partial charge in [-0.25, -0.2) is 9.97 Å². The molecule has 0 aliphatic heterocycles. The number of rotatable bonds is 4. The molecule has 4 nitrogen and oxygen atoms in total. The van der Waals surface area contributed by atoms with E-state index in [1.807, 2.05) is 38.2 Å². The van der Waals surface area contributed by atoms with Crippen molar-refractivity contribution in [3.05, 3.63) is 42.2 Å². The van der Waals surface area contributed by atoms with Crippen molar-refractivity contribution in [3.63, 3.8) is 0 Å². The molecule has 100 valence electrons.